The summed E-state index contributed by atoms with van der Waals surface area (Å²) in [5, 5.41) is 22.1. The third kappa shape index (κ3) is 8.26. The van der Waals surface area contributed by atoms with Crippen LogP contribution in [0, 0.1) is 5.92 Å². The molecule has 3 N–H and O–H groups in total. The van der Waals surface area contributed by atoms with E-state index in [1.54, 1.807) is 7.11 Å². The lowest BCUT2D eigenvalue weighted by Gasteiger charge is -2.35. The molecule has 3 aromatic rings. The van der Waals surface area contributed by atoms with Gasteiger partial charge in [0.05, 0.1) is 19.2 Å². The van der Waals surface area contributed by atoms with Gasteiger partial charge in [0.2, 0.25) is 0 Å². The maximum absolute atomic E-state index is 11.1. The van der Waals surface area contributed by atoms with Gasteiger partial charge in [-0.1, -0.05) is 101 Å². The number of aliphatic imine (C=N–C) groups is 1. The van der Waals surface area contributed by atoms with Crippen molar-refractivity contribution in [2.75, 3.05) is 7.11 Å². The van der Waals surface area contributed by atoms with Gasteiger partial charge in [0, 0.05) is 23.4 Å². The number of nitrogens with one attached hydrogen (secondary N) is 2. The molecule has 0 aliphatic heterocycles. The number of methoxy groups -OCH3 is 1. The summed E-state index contributed by atoms with van der Waals surface area (Å²) in [4.78, 5) is 5.02. The number of nitrogens with zero attached hydrogens (tertiary/aromatic N) is 1. The Morgan fingerprint density at radius 1 is 0.956 bits per heavy atom. The van der Waals surface area contributed by atoms with Crippen LogP contribution in [0.3, 0.4) is 0 Å². The van der Waals surface area contributed by atoms with E-state index in [-0.39, 0.29) is 29.3 Å². The topological polar surface area (TPSA) is 65.9 Å². The summed E-state index contributed by atoms with van der Waals surface area (Å²) >= 11 is 5.95. The lowest BCUT2D eigenvalue weighted by atomic mass is 9.85. The Labute approximate surface area is 277 Å². The molecule has 45 heavy (non-hydrogen) atoms. The van der Waals surface area contributed by atoms with Gasteiger partial charge in [-0.25, -0.2) is 0 Å². The number of phenolic OH excluding ortho intramolecular Hbond substituents is 1. The first-order valence-corrected chi connectivity index (χ1v) is 18.4. The molecule has 5 rings (SSSR count). The molecule has 0 saturated heterocycles. The standard InChI is InChI=1S/C38H50N3O2PS/c1-26(31-19-14-22-35(31)44(29-15-8-6-9-16-29)30-17-10-7-11-18-30)40-37(45)41-34-21-13-12-20-33(34)39-25-27-23-28(43-5)24-32(36(27)42)38(2,3)4/h6-11,15-18,23-26,31,33-35,42H,12-14,19-22H2,1-5H3,(H2,40,41,45)/b39-25+/t26-,31+,33+,34+,35?/m1/s1. The van der Waals surface area contributed by atoms with E-state index in [0.29, 0.717) is 17.1 Å². The van der Waals surface area contributed by atoms with Crippen molar-refractivity contribution in [2.24, 2.45) is 10.9 Å². The SMILES string of the molecule is COc1cc(/C=N/[C@H]2CCCC[C@@H]2NC(=S)N[C@H](C)[C@@H]2CCCC2P(c2ccccc2)c2ccccc2)c(O)c(C(C)(C)C)c1. The first-order valence-electron chi connectivity index (χ1n) is 16.6. The molecule has 5 atom stereocenters. The Bertz CT molecular complexity index is 1400. The van der Waals surface area contributed by atoms with Gasteiger partial charge in [0.25, 0.3) is 0 Å². The molecule has 2 aliphatic carbocycles. The molecular formula is C38H50N3O2PS. The molecule has 3 aromatic carbocycles. The van der Waals surface area contributed by atoms with Gasteiger partial charge in [0.1, 0.15) is 11.5 Å². The molecule has 2 fully saturated rings. The van der Waals surface area contributed by atoms with Gasteiger partial charge in [-0.05, 0) is 92.5 Å². The number of aromatic hydroxyl groups is 1. The summed E-state index contributed by atoms with van der Waals surface area (Å²) in [6.45, 7) is 8.60. The van der Waals surface area contributed by atoms with Gasteiger partial charge >= 0.3 is 0 Å². The second-order valence-electron chi connectivity index (χ2n) is 13.7. The molecule has 5 nitrogen and oxygen atoms in total. The van der Waals surface area contributed by atoms with Crippen LogP contribution in [0.2, 0.25) is 0 Å². The highest BCUT2D eigenvalue weighted by atomic mass is 32.1. The van der Waals surface area contributed by atoms with Crippen molar-refractivity contribution in [2.45, 2.75) is 102 Å². The van der Waals surface area contributed by atoms with Crippen molar-refractivity contribution in [3.63, 3.8) is 0 Å². The first-order chi connectivity index (χ1) is 21.7. The summed E-state index contributed by atoms with van der Waals surface area (Å²) in [6, 6.07) is 26.5. The maximum atomic E-state index is 11.1. The maximum Gasteiger partial charge on any atom is 0.166 e. The van der Waals surface area contributed by atoms with Crippen LogP contribution in [0.1, 0.15) is 83.8 Å². The van der Waals surface area contributed by atoms with Gasteiger partial charge in [0.15, 0.2) is 5.11 Å². The Kier molecular flexibility index (Phi) is 11.2. The average molecular weight is 644 g/mol. The fourth-order valence-electron chi connectivity index (χ4n) is 7.16. The fraction of sp³-hybridized carbons (Fsp3) is 0.474. The van der Waals surface area contributed by atoms with E-state index in [1.165, 1.54) is 29.9 Å². The Hall–Kier alpha value is -2.95. The normalized spacial score (nSPS) is 22.8. The summed E-state index contributed by atoms with van der Waals surface area (Å²) in [5.41, 5.74) is 1.94. The van der Waals surface area contributed by atoms with Crippen LogP contribution >= 0.6 is 20.1 Å². The van der Waals surface area contributed by atoms with Gasteiger partial charge in [-0.15, -0.1) is 0 Å². The second kappa shape index (κ2) is 15.1. The van der Waals surface area contributed by atoms with Crippen LogP contribution in [-0.4, -0.2) is 47.3 Å². The summed E-state index contributed by atoms with van der Waals surface area (Å²) in [6.07, 6.45) is 9.87. The molecule has 2 aliphatic rings. The molecule has 1 unspecified atom stereocenters. The van der Waals surface area contributed by atoms with E-state index in [0.717, 1.165) is 42.1 Å². The highest BCUT2D eigenvalue weighted by molar-refractivity contribution is 7.80. The minimum atomic E-state index is -0.468. The Balaban J connectivity index is 1.27. The Morgan fingerprint density at radius 3 is 2.22 bits per heavy atom. The number of rotatable bonds is 9. The summed E-state index contributed by atoms with van der Waals surface area (Å²) < 4.78 is 5.55. The number of phenols is 1. The lowest BCUT2D eigenvalue weighted by molar-refractivity contribution is 0.357. The van der Waals surface area contributed by atoms with Gasteiger partial charge < -0.3 is 20.5 Å². The Morgan fingerprint density at radius 2 is 1.60 bits per heavy atom. The minimum absolute atomic E-state index is 0.0840. The van der Waals surface area contributed by atoms with E-state index in [4.69, 9.17) is 21.9 Å². The molecule has 0 heterocycles. The number of benzene rings is 3. The zero-order valence-corrected chi connectivity index (χ0v) is 29.2. The van der Waals surface area contributed by atoms with Crippen LogP contribution in [0.5, 0.6) is 11.5 Å². The van der Waals surface area contributed by atoms with E-state index >= 15 is 0 Å². The molecule has 0 spiro atoms. The van der Waals surface area contributed by atoms with Crippen LogP contribution in [0.15, 0.2) is 77.8 Å². The molecule has 240 valence electrons. The number of hydrogen-bond donors (Lipinski definition) is 3. The first kappa shape index (κ1) is 33.4. The second-order valence-corrected chi connectivity index (χ2v) is 16.6. The highest BCUT2D eigenvalue weighted by Crippen LogP contribution is 2.51. The zero-order valence-electron chi connectivity index (χ0n) is 27.5. The minimum Gasteiger partial charge on any atom is -0.507 e. The van der Waals surface area contributed by atoms with Crippen LogP contribution in [0.4, 0.5) is 0 Å². The van der Waals surface area contributed by atoms with Gasteiger partial charge in [-0.3, -0.25) is 4.99 Å². The van der Waals surface area contributed by atoms with Crippen molar-refractivity contribution in [3.05, 3.63) is 83.9 Å². The van der Waals surface area contributed by atoms with Crippen molar-refractivity contribution >= 4 is 42.1 Å². The number of thiocarbonyl (C=S) groups is 1. The van der Waals surface area contributed by atoms with E-state index < -0.39 is 7.92 Å². The van der Waals surface area contributed by atoms with Gasteiger partial charge in [-0.2, -0.15) is 0 Å². The molecule has 7 heteroatoms. The predicted octanol–water partition coefficient (Wildman–Crippen LogP) is 7.58. The van der Waals surface area contributed by atoms with Crippen molar-refractivity contribution in [3.8, 4) is 11.5 Å². The van der Waals surface area contributed by atoms with Crippen molar-refractivity contribution in [1.29, 1.82) is 0 Å². The smallest absolute Gasteiger partial charge is 0.166 e. The fourth-order valence-corrected chi connectivity index (χ4v) is 10.8. The third-order valence-corrected chi connectivity index (χ3v) is 12.8. The van der Waals surface area contributed by atoms with Crippen molar-refractivity contribution in [1.82, 2.24) is 10.6 Å². The molecular weight excluding hydrogens is 593 g/mol. The van der Waals surface area contributed by atoms with E-state index in [1.807, 2.05) is 18.3 Å². The number of hydrogen-bond acceptors (Lipinski definition) is 4. The van der Waals surface area contributed by atoms with Crippen LogP contribution < -0.4 is 26.0 Å². The monoisotopic (exact) mass is 643 g/mol. The summed E-state index contributed by atoms with van der Waals surface area (Å²) in [5.74, 6) is 1.55. The lowest BCUT2D eigenvalue weighted by Crippen LogP contribution is -2.52. The molecule has 0 bridgehead atoms. The van der Waals surface area contributed by atoms with Crippen molar-refractivity contribution < 1.29 is 9.84 Å². The molecule has 0 radical (unpaired) electrons. The summed E-state index contributed by atoms with van der Waals surface area (Å²) in [7, 11) is 1.19. The highest BCUT2D eigenvalue weighted by Gasteiger charge is 2.38. The quantitative estimate of drug-likeness (QED) is 0.128. The largest absolute Gasteiger partial charge is 0.507 e. The number of ether oxygens (including phenoxy) is 1. The predicted molar refractivity (Wildman–Crippen MR) is 196 cm³/mol. The van der Waals surface area contributed by atoms with E-state index in [9.17, 15) is 5.11 Å². The molecule has 2 saturated carbocycles. The molecule has 0 amide bonds. The average Bonchev–Trinajstić information content (AvgIpc) is 3.51. The van der Waals surface area contributed by atoms with E-state index in [2.05, 4.69) is 99.0 Å². The van der Waals surface area contributed by atoms with Crippen LogP contribution in [0.25, 0.3) is 0 Å². The third-order valence-electron chi connectivity index (χ3n) is 9.54. The zero-order chi connectivity index (χ0) is 32.0. The molecule has 0 aromatic heterocycles. The van der Waals surface area contributed by atoms with Crippen LogP contribution in [-0.2, 0) is 5.41 Å².